The number of nitrogens with zero attached hydrogens (tertiary/aromatic N) is 2. The first kappa shape index (κ1) is 16.5. The smallest absolute Gasteiger partial charge is 0.283 e. The highest BCUT2D eigenvalue weighted by Gasteiger charge is 2.23. The maximum atomic E-state index is 12.2. The molecule has 118 valence electrons. The van der Waals surface area contributed by atoms with Crippen LogP contribution in [0.2, 0.25) is 0 Å². The summed E-state index contributed by atoms with van der Waals surface area (Å²) in [5, 5.41) is 7.50. The predicted molar refractivity (Wildman–Crippen MR) is 87.7 cm³/mol. The number of rotatable bonds is 9. The Morgan fingerprint density at radius 1 is 1.48 bits per heavy atom. The summed E-state index contributed by atoms with van der Waals surface area (Å²) in [6.07, 6.45) is 6.46. The van der Waals surface area contributed by atoms with Crippen LogP contribution >= 0.6 is 15.9 Å². The molecule has 0 atom stereocenters. The van der Waals surface area contributed by atoms with Crippen LogP contribution in [0.15, 0.2) is 15.5 Å². The molecule has 1 aliphatic rings. The molecular weight excluding hydrogens is 334 g/mol. The van der Waals surface area contributed by atoms with Gasteiger partial charge in [0, 0.05) is 19.7 Å². The summed E-state index contributed by atoms with van der Waals surface area (Å²) in [6.45, 7) is 6.41. The van der Waals surface area contributed by atoms with Crippen molar-refractivity contribution in [2.45, 2.75) is 52.2 Å². The minimum Gasteiger partial charge on any atom is -0.383 e. The summed E-state index contributed by atoms with van der Waals surface area (Å²) in [7, 11) is 0. The maximum absolute atomic E-state index is 12.2. The standard InChI is InChI=1S/C15H24BrN3O2/c1-11(2)21-8-4-3-7-17-13-9-18-19(10-12-5-6-12)15(20)14(13)16/h9,11-12,17H,3-8,10H2,1-2H3. The predicted octanol–water partition coefficient (Wildman–Crippen LogP) is 3.03. The SMILES string of the molecule is CC(C)OCCCCNc1cnn(CC2CC2)c(=O)c1Br. The molecule has 2 rings (SSSR count). The number of halogens is 1. The van der Waals surface area contributed by atoms with Gasteiger partial charge in [0.25, 0.3) is 5.56 Å². The van der Waals surface area contributed by atoms with Crippen molar-refractivity contribution in [3.63, 3.8) is 0 Å². The number of hydrogen-bond donors (Lipinski definition) is 1. The van der Waals surface area contributed by atoms with Gasteiger partial charge in [0.1, 0.15) is 4.47 Å². The van der Waals surface area contributed by atoms with Crippen molar-refractivity contribution >= 4 is 21.6 Å². The van der Waals surface area contributed by atoms with E-state index in [0.29, 0.717) is 10.4 Å². The van der Waals surface area contributed by atoms with Crippen molar-refractivity contribution in [2.75, 3.05) is 18.5 Å². The Hall–Kier alpha value is -0.880. The lowest BCUT2D eigenvalue weighted by Crippen LogP contribution is -2.25. The maximum Gasteiger partial charge on any atom is 0.283 e. The van der Waals surface area contributed by atoms with E-state index in [2.05, 4.69) is 26.3 Å². The van der Waals surface area contributed by atoms with Crippen LogP contribution in [0.25, 0.3) is 0 Å². The van der Waals surface area contributed by atoms with E-state index >= 15 is 0 Å². The average molecular weight is 358 g/mol. The number of hydrogen-bond acceptors (Lipinski definition) is 4. The second-order valence-electron chi connectivity index (χ2n) is 5.86. The molecule has 0 amide bonds. The van der Waals surface area contributed by atoms with Gasteiger partial charge in [0.2, 0.25) is 0 Å². The molecule has 0 unspecified atom stereocenters. The normalized spacial score (nSPS) is 14.7. The molecule has 0 aromatic carbocycles. The lowest BCUT2D eigenvalue weighted by molar-refractivity contribution is 0.0765. The second-order valence-corrected chi connectivity index (χ2v) is 6.65. The third kappa shape index (κ3) is 5.43. The summed E-state index contributed by atoms with van der Waals surface area (Å²) < 4.78 is 7.63. The molecule has 6 heteroatoms. The zero-order valence-electron chi connectivity index (χ0n) is 12.8. The van der Waals surface area contributed by atoms with Gasteiger partial charge in [-0.1, -0.05) is 0 Å². The van der Waals surface area contributed by atoms with Crippen molar-refractivity contribution in [1.82, 2.24) is 9.78 Å². The monoisotopic (exact) mass is 357 g/mol. The van der Waals surface area contributed by atoms with E-state index in [0.717, 1.165) is 38.2 Å². The molecule has 1 fully saturated rings. The van der Waals surface area contributed by atoms with E-state index in [9.17, 15) is 4.79 Å². The van der Waals surface area contributed by atoms with Crippen LogP contribution < -0.4 is 10.9 Å². The van der Waals surface area contributed by atoms with Crippen molar-refractivity contribution in [1.29, 1.82) is 0 Å². The van der Waals surface area contributed by atoms with E-state index in [1.165, 1.54) is 12.8 Å². The van der Waals surface area contributed by atoms with Gasteiger partial charge in [-0.25, -0.2) is 4.68 Å². The first-order valence-corrected chi connectivity index (χ1v) is 8.48. The van der Waals surface area contributed by atoms with E-state index in [4.69, 9.17) is 4.74 Å². The van der Waals surface area contributed by atoms with Gasteiger partial charge < -0.3 is 10.1 Å². The van der Waals surface area contributed by atoms with E-state index in [1.54, 1.807) is 10.9 Å². The molecule has 1 N–H and O–H groups in total. The highest BCUT2D eigenvalue weighted by molar-refractivity contribution is 9.10. The molecule has 0 saturated heterocycles. The number of nitrogens with one attached hydrogen (secondary N) is 1. The van der Waals surface area contributed by atoms with Crippen molar-refractivity contribution in [3.8, 4) is 0 Å². The van der Waals surface area contributed by atoms with Crippen LogP contribution in [0.4, 0.5) is 5.69 Å². The topological polar surface area (TPSA) is 56.1 Å². The van der Waals surface area contributed by atoms with Crippen LogP contribution in [0, 0.1) is 5.92 Å². The average Bonchev–Trinajstić information content (AvgIpc) is 3.25. The highest BCUT2D eigenvalue weighted by atomic mass is 79.9. The molecule has 0 spiro atoms. The summed E-state index contributed by atoms with van der Waals surface area (Å²) in [4.78, 5) is 12.2. The first-order valence-electron chi connectivity index (χ1n) is 7.69. The molecule has 0 bridgehead atoms. The van der Waals surface area contributed by atoms with Crippen molar-refractivity contribution in [3.05, 3.63) is 21.0 Å². The lowest BCUT2D eigenvalue weighted by atomic mass is 10.3. The summed E-state index contributed by atoms with van der Waals surface area (Å²) in [5.74, 6) is 0.641. The first-order chi connectivity index (χ1) is 10.1. The zero-order chi connectivity index (χ0) is 15.2. The van der Waals surface area contributed by atoms with Gasteiger partial charge in [-0.2, -0.15) is 5.10 Å². The lowest BCUT2D eigenvalue weighted by Gasteiger charge is -2.11. The molecular formula is C15H24BrN3O2. The largest absolute Gasteiger partial charge is 0.383 e. The molecule has 1 aliphatic carbocycles. The van der Waals surface area contributed by atoms with Crippen LogP contribution in [0.5, 0.6) is 0 Å². The van der Waals surface area contributed by atoms with Crippen LogP contribution in [0.3, 0.4) is 0 Å². The number of unbranched alkanes of at least 4 members (excludes halogenated alkanes) is 1. The summed E-state index contributed by atoms with van der Waals surface area (Å²) >= 11 is 3.38. The summed E-state index contributed by atoms with van der Waals surface area (Å²) in [5.41, 5.74) is 0.729. The highest BCUT2D eigenvalue weighted by Crippen LogP contribution is 2.30. The summed E-state index contributed by atoms with van der Waals surface area (Å²) in [6, 6.07) is 0. The van der Waals surface area contributed by atoms with E-state index < -0.39 is 0 Å². The third-order valence-electron chi connectivity index (χ3n) is 3.45. The Balaban J connectivity index is 1.78. The van der Waals surface area contributed by atoms with E-state index in [-0.39, 0.29) is 11.7 Å². The van der Waals surface area contributed by atoms with Crippen LogP contribution in [0.1, 0.15) is 39.5 Å². The molecule has 5 nitrogen and oxygen atoms in total. The quantitative estimate of drug-likeness (QED) is 0.690. The molecule has 1 aromatic heterocycles. The van der Waals surface area contributed by atoms with Crippen molar-refractivity contribution < 1.29 is 4.74 Å². The Morgan fingerprint density at radius 2 is 2.24 bits per heavy atom. The molecule has 0 aliphatic heterocycles. The Bertz CT molecular complexity index is 512. The van der Waals surface area contributed by atoms with Crippen LogP contribution in [-0.4, -0.2) is 29.0 Å². The number of ether oxygens (including phenoxy) is 1. The molecule has 0 radical (unpaired) electrons. The number of anilines is 1. The van der Waals surface area contributed by atoms with Gasteiger partial charge in [0.05, 0.1) is 18.0 Å². The number of aromatic nitrogens is 2. The fourth-order valence-corrected chi connectivity index (χ4v) is 2.48. The molecule has 1 saturated carbocycles. The second kappa shape index (κ2) is 7.94. The Labute approximate surface area is 134 Å². The third-order valence-corrected chi connectivity index (χ3v) is 4.22. The molecule has 21 heavy (non-hydrogen) atoms. The van der Waals surface area contributed by atoms with Gasteiger partial charge in [-0.05, 0) is 61.4 Å². The van der Waals surface area contributed by atoms with Gasteiger partial charge >= 0.3 is 0 Å². The van der Waals surface area contributed by atoms with Gasteiger partial charge in [0.15, 0.2) is 0 Å². The minimum atomic E-state index is -0.0463. The molecule has 1 heterocycles. The Kier molecular flexibility index (Phi) is 6.23. The molecule has 1 aromatic rings. The zero-order valence-corrected chi connectivity index (χ0v) is 14.4. The van der Waals surface area contributed by atoms with Crippen LogP contribution in [-0.2, 0) is 11.3 Å². The van der Waals surface area contributed by atoms with Gasteiger partial charge in [-0.15, -0.1) is 0 Å². The Morgan fingerprint density at radius 3 is 2.90 bits per heavy atom. The fourth-order valence-electron chi connectivity index (χ4n) is 2.03. The fraction of sp³-hybridized carbons (Fsp3) is 0.733. The minimum absolute atomic E-state index is 0.0463. The van der Waals surface area contributed by atoms with Crippen molar-refractivity contribution in [2.24, 2.45) is 5.92 Å². The van der Waals surface area contributed by atoms with Gasteiger partial charge in [-0.3, -0.25) is 4.79 Å². The van der Waals surface area contributed by atoms with E-state index in [1.807, 2.05) is 13.8 Å².